The highest BCUT2D eigenvalue weighted by atomic mass is 16.4. The molecule has 0 spiro atoms. The van der Waals surface area contributed by atoms with Crippen molar-refractivity contribution in [2.45, 2.75) is 12.8 Å². The minimum Gasteiger partial charge on any atom is -0.505 e. The van der Waals surface area contributed by atoms with Gasteiger partial charge in [-0.1, -0.05) is 6.07 Å². The molecule has 1 aromatic rings. The molecule has 20 heavy (non-hydrogen) atoms. The highest BCUT2D eigenvalue weighted by Gasteiger charge is 2.20. The van der Waals surface area contributed by atoms with Crippen LogP contribution in [0.5, 0.6) is 5.75 Å². The number of carboxylic acids is 1. The number of carbonyl (C=O) groups excluding carboxylic acids is 2. The van der Waals surface area contributed by atoms with Crippen molar-refractivity contribution in [1.29, 1.82) is 0 Å². The van der Waals surface area contributed by atoms with Crippen LogP contribution in [-0.4, -0.2) is 33.7 Å². The zero-order valence-electron chi connectivity index (χ0n) is 10.2. The van der Waals surface area contributed by atoms with E-state index in [9.17, 15) is 19.5 Å². The first-order valence-corrected chi connectivity index (χ1v) is 5.71. The van der Waals surface area contributed by atoms with Crippen molar-refractivity contribution >= 4 is 29.2 Å². The van der Waals surface area contributed by atoms with E-state index in [2.05, 4.69) is 15.8 Å². The number of carboxylic acid groups (broad SMARTS) is 1. The molecule has 2 rings (SSSR count). The van der Waals surface area contributed by atoms with Gasteiger partial charge in [-0.25, -0.2) is 10.2 Å². The number of nitrogens with one attached hydrogen (secondary N) is 2. The van der Waals surface area contributed by atoms with Gasteiger partial charge in [-0.05, 0) is 12.1 Å². The van der Waals surface area contributed by atoms with Crippen molar-refractivity contribution in [3.8, 4) is 5.75 Å². The van der Waals surface area contributed by atoms with Crippen LogP contribution in [0.25, 0.3) is 0 Å². The lowest BCUT2D eigenvalue weighted by molar-refractivity contribution is -0.121. The van der Waals surface area contributed by atoms with E-state index in [-0.39, 0.29) is 35.7 Å². The van der Waals surface area contributed by atoms with Crippen molar-refractivity contribution in [2.24, 2.45) is 5.10 Å². The van der Waals surface area contributed by atoms with Gasteiger partial charge in [0.15, 0.2) is 5.75 Å². The van der Waals surface area contributed by atoms with Crippen LogP contribution in [0.1, 0.15) is 23.2 Å². The van der Waals surface area contributed by atoms with E-state index in [1.807, 2.05) is 0 Å². The van der Waals surface area contributed by atoms with E-state index >= 15 is 0 Å². The van der Waals surface area contributed by atoms with Crippen molar-refractivity contribution in [3.63, 3.8) is 0 Å². The molecule has 2 amide bonds. The summed E-state index contributed by atoms with van der Waals surface area (Å²) in [7, 11) is 0. The molecule has 1 aromatic carbocycles. The number of carbonyl (C=O) groups is 3. The average Bonchev–Trinajstić information content (AvgIpc) is 2.41. The Balaban J connectivity index is 2.18. The molecule has 4 N–H and O–H groups in total. The lowest BCUT2D eigenvalue weighted by Crippen LogP contribution is -2.32. The Bertz CT molecular complexity index is 624. The average molecular weight is 277 g/mol. The molecule has 0 unspecified atom stereocenters. The van der Waals surface area contributed by atoms with Crippen LogP contribution in [0.15, 0.2) is 23.3 Å². The SMILES string of the molecule is O=C1CCC(C(=O)Nc2cccc(C(=O)O)c2O)=NN1. The maximum Gasteiger partial charge on any atom is 0.339 e. The first-order chi connectivity index (χ1) is 9.49. The Morgan fingerprint density at radius 3 is 2.65 bits per heavy atom. The molecule has 0 radical (unpaired) electrons. The van der Waals surface area contributed by atoms with E-state index in [4.69, 9.17) is 5.11 Å². The Morgan fingerprint density at radius 2 is 2.05 bits per heavy atom. The Labute approximate surface area is 113 Å². The number of aromatic hydroxyl groups is 1. The van der Waals surface area contributed by atoms with Gasteiger partial charge in [0.05, 0.1) is 5.69 Å². The summed E-state index contributed by atoms with van der Waals surface area (Å²) in [6.45, 7) is 0. The Hall–Kier alpha value is -2.90. The first-order valence-electron chi connectivity index (χ1n) is 5.71. The number of para-hydroxylation sites is 1. The van der Waals surface area contributed by atoms with Gasteiger partial charge in [0, 0.05) is 12.8 Å². The van der Waals surface area contributed by atoms with Crippen LogP contribution in [0.4, 0.5) is 5.69 Å². The number of benzene rings is 1. The lowest BCUT2D eigenvalue weighted by atomic mass is 10.1. The van der Waals surface area contributed by atoms with Gasteiger partial charge in [-0.3, -0.25) is 9.59 Å². The van der Waals surface area contributed by atoms with Crippen LogP contribution >= 0.6 is 0 Å². The van der Waals surface area contributed by atoms with Gasteiger partial charge in [0.25, 0.3) is 5.91 Å². The summed E-state index contributed by atoms with van der Waals surface area (Å²) in [4.78, 5) is 33.6. The number of phenols is 1. The molecule has 0 aromatic heterocycles. The smallest absolute Gasteiger partial charge is 0.339 e. The highest BCUT2D eigenvalue weighted by Crippen LogP contribution is 2.27. The first kappa shape index (κ1) is 13.5. The molecule has 0 fully saturated rings. The van der Waals surface area contributed by atoms with Crippen LogP contribution in [0.2, 0.25) is 0 Å². The van der Waals surface area contributed by atoms with E-state index in [1.54, 1.807) is 0 Å². The van der Waals surface area contributed by atoms with Crippen LogP contribution in [0, 0.1) is 0 Å². The molecule has 1 heterocycles. The molecule has 8 heteroatoms. The number of nitrogens with zero attached hydrogens (tertiary/aromatic N) is 1. The third kappa shape index (κ3) is 2.74. The fraction of sp³-hybridized carbons (Fsp3) is 0.167. The summed E-state index contributed by atoms with van der Waals surface area (Å²) in [5, 5.41) is 24.6. The molecular formula is C12H11N3O5. The lowest BCUT2D eigenvalue weighted by Gasteiger charge is -2.13. The van der Waals surface area contributed by atoms with E-state index < -0.39 is 17.6 Å². The third-order valence-electron chi connectivity index (χ3n) is 2.68. The molecule has 0 atom stereocenters. The van der Waals surface area contributed by atoms with Gasteiger partial charge >= 0.3 is 5.97 Å². The highest BCUT2D eigenvalue weighted by molar-refractivity contribution is 6.43. The normalized spacial score (nSPS) is 14.2. The fourth-order valence-corrected chi connectivity index (χ4v) is 1.65. The Morgan fingerprint density at radius 1 is 1.30 bits per heavy atom. The largest absolute Gasteiger partial charge is 0.505 e. The second-order valence-corrected chi connectivity index (χ2v) is 4.05. The zero-order chi connectivity index (χ0) is 14.7. The maximum atomic E-state index is 11.9. The van der Waals surface area contributed by atoms with Crippen LogP contribution < -0.4 is 10.7 Å². The number of anilines is 1. The molecule has 0 aliphatic carbocycles. The number of rotatable bonds is 3. The topological polar surface area (TPSA) is 128 Å². The molecular weight excluding hydrogens is 266 g/mol. The van der Waals surface area contributed by atoms with Crippen molar-refractivity contribution < 1.29 is 24.6 Å². The summed E-state index contributed by atoms with van der Waals surface area (Å²) in [6, 6.07) is 3.97. The summed E-state index contributed by atoms with van der Waals surface area (Å²) in [5.74, 6) is -2.73. The van der Waals surface area contributed by atoms with E-state index in [1.165, 1.54) is 18.2 Å². The number of hydrazone groups is 1. The molecule has 8 nitrogen and oxygen atoms in total. The standard InChI is InChI=1S/C12H11N3O5/c16-9-5-4-8(14-15-9)11(18)13-7-3-1-2-6(10(7)17)12(19)20/h1-3,17H,4-5H2,(H,13,18)(H,15,16)(H,19,20). The second kappa shape index (κ2) is 5.39. The minimum atomic E-state index is -1.30. The number of hydrogen-bond donors (Lipinski definition) is 4. The zero-order valence-corrected chi connectivity index (χ0v) is 10.2. The third-order valence-corrected chi connectivity index (χ3v) is 2.68. The summed E-state index contributed by atoms with van der Waals surface area (Å²) >= 11 is 0. The van der Waals surface area contributed by atoms with Crippen molar-refractivity contribution in [1.82, 2.24) is 5.43 Å². The number of amides is 2. The van der Waals surface area contributed by atoms with Gasteiger partial charge in [0.1, 0.15) is 11.3 Å². The quantitative estimate of drug-likeness (QED) is 0.590. The number of aromatic carboxylic acids is 1. The molecule has 104 valence electrons. The summed E-state index contributed by atoms with van der Waals surface area (Å²) in [6.07, 6.45) is 0.324. The maximum absolute atomic E-state index is 11.9. The Kier molecular flexibility index (Phi) is 3.65. The van der Waals surface area contributed by atoms with Gasteiger partial charge < -0.3 is 15.5 Å². The van der Waals surface area contributed by atoms with E-state index in [0.717, 1.165) is 0 Å². The molecule has 1 aliphatic heterocycles. The van der Waals surface area contributed by atoms with Gasteiger partial charge in [0.2, 0.25) is 5.91 Å². The van der Waals surface area contributed by atoms with Crippen molar-refractivity contribution in [3.05, 3.63) is 23.8 Å². The van der Waals surface area contributed by atoms with Gasteiger partial charge in [-0.2, -0.15) is 5.10 Å². The fourth-order valence-electron chi connectivity index (χ4n) is 1.65. The molecule has 0 saturated carbocycles. The molecule has 1 aliphatic rings. The summed E-state index contributed by atoms with van der Waals surface area (Å²) < 4.78 is 0. The second-order valence-electron chi connectivity index (χ2n) is 4.05. The number of hydrogen-bond acceptors (Lipinski definition) is 5. The van der Waals surface area contributed by atoms with Gasteiger partial charge in [-0.15, -0.1) is 0 Å². The van der Waals surface area contributed by atoms with Crippen LogP contribution in [-0.2, 0) is 9.59 Å². The summed E-state index contributed by atoms with van der Waals surface area (Å²) in [5.41, 5.74) is 1.93. The molecule has 0 saturated heterocycles. The monoisotopic (exact) mass is 277 g/mol. The van der Waals surface area contributed by atoms with Crippen LogP contribution in [0.3, 0.4) is 0 Å². The minimum absolute atomic E-state index is 0.0329. The van der Waals surface area contributed by atoms with E-state index in [0.29, 0.717) is 0 Å². The molecule has 0 bridgehead atoms. The van der Waals surface area contributed by atoms with Crippen molar-refractivity contribution in [2.75, 3.05) is 5.32 Å². The predicted octanol–water partition coefficient (Wildman–Crippen LogP) is 0.295. The predicted molar refractivity (Wildman–Crippen MR) is 68.5 cm³/mol.